The first-order valence-corrected chi connectivity index (χ1v) is 8.49. The topological polar surface area (TPSA) is 78.3 Å². The van der Waals surface area contributed by atoms with Crippen molar-refractivity contribution in [2.24, 2.45) is 0 Å². The Balaban J connectivity index is 1.73. The molecule has 0 aliphatic heterocycles. The minimum Gasteiger partial charge on any atom is -0.494 e. The Labute approximate surface area is 159 Å². The van der Waals surface area contributed by atoms with E-state index in [2.05, 4.69) is 20.4 Å². The predicted molar refractivity (Wildman–Crippen MR) is 98.3 cm³/mol. The maximum atomic E-state index is 12.5. The number of nitrogens with one attached hydrogen (secondary N) is 1. The fourth-order valence-electron chi connectivity index (χ4n) is 2.54. The number of benzene rings is 2. The van der Waals surface area contributed by atoms with Gasteiger partial charge in [0, 0.05) is 5.69 Å². The van der Waals surface area contributed by atoms with E-state index in [-0.39, 0.29) is 11.4 Å². The van der Waals surface area contributed by atoms with Crippen LogP contribution in [0.2, 0.25) is 0 Å². The van der Waals surface area contributed by atoms with E-state index in [1.165, 1.54) is 16.8 Å². The van der Waals surface area contributed by atoms with Gasteiger partial charge in [-0.1, -0.05) is 5.21 Å². The first kappa shape index (κ1) is 19.3. The van der Waals surface area contributed by atoms with Crippen molar-refractivity contribution in [2.45, 2.75) is 20.5 Å². The van der Waals surface area contributed by atoms with Gasteiger partial charge in [0.25, 0.3) is 5.91 Å². The normalized spacial score (nSPS) is 10.8. The molecule has 0 radical (unpaired) electrons. The molecule has 3 rings (SSSR count). The summed E-state index contributed by atoms with van der Waals surface area (Å²) in [5, 5.41) is 10.7. The molecule has 1 amide bonds. The molecule has 0 aliphatic rings. The molecule has 1 N–H and O–H groups in total. The van der Waals surface area contributed by atoms with Gasteiger partial charge in [-0.2, -0.15) is 8.78 Å². The van der Waals surface area contributed by atoms with E-state index in [9.17, 15) is 13.6 Å². The van der Waals surface area contributed by atoms with Crippen LogP contribution >= 0.6 is 0 Å². The van der Waals surface area contributed by atoms with E-state index in [0.717, 1.165) is 0 Å². The molecular formula is C19H18F2N4O3. The molecule has 0 bridgehead atoms. The number of hydrogen-bond acceptors (Lipinski definition) is 5. The van der Waals surface area contributed by atoms with Gasteiger partial charge in [-0.05, 0) is 62.4 Å². The van der Waals surface area contributed by atoms with Crippen molar-refractivity contribution in [2.75, 3.05) is 11.9 Å². The first-order valence-electron chi connectivity index (χ1n) is 8.49. The summed E-state index contributed by atoms with van der Waals surface area (Å²) < 4.78 is 35.6. The number of nitrogens with zero attached hydrogens (tertiary/aromatic N) is 3. The lowest BCUT2D eigenvalue weighted by atomic mass is 10.2. The van der Waals surface area contributed by atoms with Crippen molar-refractivity contribution in [3.8, 4) is 17.2 Å². The SMILES string of the molecule is CCOc1ccc(NC(=O)c2nnn(-c3ccc(OC(F)F)cc3)c2C)cc1. The second kappa shape index (κ2) is 8.47. The molecule has 0 fully saturated rings. The maximum Gasteiger partial charge on any atom is 0.387 e. The number of alkyl halides is 2. The molecule has 0 spiro atoms. The van der Waals surface area contributed by atoms with E-state index in [1.807, 2.05) is 6.92 Å². The Morgan fingerprint density at radius 2 is 1.75 bits per heavy atom. The Morgan fingerprint density at radius 3 is 2.36 bits per heavy atom. The molecule has 146 valence electrons. The molecule has 0 aliphatic carbocycles. The average Bonchev–Trinajstić information content (AvgIpc) is 3.05. The summed E-state index contributed by atoms with van der Waals surface area (Å²) in [6.07, 6.45) is 0. The Morgan fingerprint density at radius 1 is 1.11 bits per heavy atom. The number of carbonyl (C=O) groups is 1. The van der Waals surface area contributed by atoms with Crippen LogP contribution in [-0.2, 0) is 0 Å². The summed E-state index contributed by atoms with van der Waals surface area (Å²) in [6, 6.07) is 12.8. The number of amides is 1. The Kier molecular flexibility index (Phi) is 5.83. The third-order valence-electron chi connectivity index (χ3n) is 3.84. The van der Waals surface area contributed by atoms with Crippen LogP contribution in [0.25, 0.3) is 5.69 Å². The highest BCUT2D eigenvalue weighted by atomic mass is 19.3. The first-order chi connectivity index (χ1) is 13.5. The fourth-order valence-corrected chi connectivity index (χ4v) is 2.54. The summed E-state index contributed by atoms with van der Waals surface area (Å²) in [4.78, 5) is 12.5. The number of hydrogen-bond donors (Lipinski definition) is 1. The largest absolute Gasteiger partial charge is 0.494 e. The molecule has 0 unspecified atom stereocenters. The summed E-state index contributed by atoms with van der Waals surface area (Å²) in [5.41, 5.74) is 1.82. The van der Waals surface area contributed by atoms with Gasteiger partial charge in [-0.25, -0.2) is 4.68 Å². The summed E-state index contributed by atoms with van der Waals surface area (Å²) in [7, 11) is 0. The van der Waals surface area contributed by atoms with Gasteiger partial charge in [-0.15, -0.1) is 5.10 Å². The Hall–Kier alpha value is -3.49. The molecule has 1 heterocycles. The maximum absolute atomic E-state index is 12.5. The number of aromatic nitrogens is 3. The lowest BCUT2D eigenvalue weighted by molar-refractivity contribution is -0.0498. The van der Waals surface area contributed by atoms with Crippen LogP contribution < -0.4 is 14.8 Å². The van der Waals surface area contributed by atoms with Crippen molar-refractivity contribution < 1.29 is 23.0 Å². The van der Waals surface area contributed by atoms with E-state index < -0.39 is 12.5 Å². The molecule has 0 atom stereocenters. The van der Waals surface area contributed by atoms with Gasteiger partial charge in [-0.3, -0.25) is 4.79 Å². The summed E-state index contributed by atoms with van der Waals surface area (Å²) >= 11 is 0. The Bertz CT molecular complexity index is 941. The number of anilines is 1. The quantitative estimate of drug-likeness (QED) is 0.666. The number of rotatable bonds is 7. The number of halogens is 2. The second-order valence-electron chi connectivity index (χ2n) is 5.72. The molecule has 2 aromatic carbocycles. The van der Waals surface area contributed by atoms with Crippen LogP contribution in [0.4, 0.5) is 14.5 Å². The third kappa shape index (κ3) is 4.43. The minimum absolute atomic E-state index is 0.0324. The van der Waals surface area contributed by atoms with E-state index >= 15 is 0 Å². The van der Waals surface area contributed by atoms with Crippen molar-refractivity contribution >= 4 is 11.6 Å². The van der Waals surface area contributed by atoms with Crippen LogP contribution in [0.3, 0.4) is 0 Å². The fraction of sp³-hybridized carbons (Fsp3) is 0.211. The molecule has 1 aromatic heterocycles. The highest BCUT2D eigenvalue weighted by Crippen LogP contribution is 2.20. The summed E-state index contributed by atoms with van der Waals surface area (Å²) in [6.45, 7) is 1.25. The molecular weight excluding hydrogens is 370 g/mol. The lowest BCUT2D eigenvalue weighted by Crippen LogP contribution is -2.14. The van der Waals surface area contributed by atoms with Crippen molar-refractivity contribution in [3.05, 3.63) is 59.9 Å². The standard InChI is InChI=1S/C19H18F2N4O3/c1-3-27-15-8-4-13(5-9-15)22-18(26)17-12(2)25(24-23-17)14-6-10-16(11-7-14)28-19(20)21/h4-11,19H,3H2,1-2H3,(H,22,26). The molecule has 28 heavy (non-hydrogen) atoms. The van der Waals surface area contributed by atoms with Crippen molar-refractivity contribution in [1.29, 1.82) is 0 Å². The van der Waals surface area contributed by atoms with Gasteiger partial charge >= 0.3 is 6.61 Å². The van der Waals surface area contributed by atoms with Gasteiger partial charge in [0.2, 0.25) is 0 Å². The molecule has 0 saturated heterocycles. The lowest BCUT2D eigenvalue weighted by Gasteiger charge is -2.08. The molecule has 0 saturated carbocycles. The molecule has 9 heteroatoms. The van der Waals surface area contributed by atoms with Crippen molar-refractivity contribution in [3.63, 3.8) is 0 Å². The van der Waals surface area contributed by atoms with Gasteiger partial charge in [0.1, 0.15) is 11.5 Å². The zero-order chi connectivity index (χ0) is 20.1. The third-order valence-corrected chi connectivity index (χ3v) is 3.84. The minimum atomic E-state index is -2.89. The monoisotopic (exact) mass is 388 g/mol. The van der Waals surface area contributed by atoms with Gasteiger partial charge < -0.3 is 14.8 Å². The predicted octanol–water partition coefficient (Wildman–Crippen LogP) is 3.83. The zero-order valence-corrected chi connectivity index (χ0v) is 15.2. The van der Waals surface area contributed by atoms with E-state index in [1.54, 1.807) is 43.3 Å². The zero-order valence-electron chi connectivity index (χ0n) is 15.2. The van der Waals surface area contributed by atoms with Gasteiger partial charge in [0.05, 0.1) is 18.0 Å². The van der Waals surface area contributed by atoms with E-state index in [4.69, 9.17) is 4.74 Å². The highest BCUT2D eigenvalue weighted by Gasteiger charge is 2.18. The van der Waals surface area contributed by atoms with Gasteiger partial charge in [0.15, 0.2) is 5.69 Å². The number of carbonyl (C=O) groups excluding carboxylic acids is 1. The van der Waals surface area contributed by atoms with Crippen LogP contribution in [0.15, 0.2) is 48.5 Å². The molecule has 7 nitrogen and oxygen atoms in total. The second-order valence-corrected chi connectivity index (χ2v) is 5.72. The van der Waals surface area contributed by atoms with Crippen LogP contribution in [0.5, 0.6) is 11.5 Å². The summed E-state index contributed by atoms with van der Waals surface area (Å²) in [5.74, 6) is 0.331. The highest BCUT2D eigenvalue weighted by molar-refractivity contribution is 6.03. The molecule has 3 aromatic rings. The smallest absolute Gasteiger partial charge is 0.387 e. The van der Waals surface area contributed by atoms with Crippen LogP contribution in [-0.4, -0.2) is 34.1 Å². The van der Waals surface area contributed by atoms with E-state index in [0.29, 0.717) is 29.4 Å². The average molecular weight is 388 g/mol. The number of ether oxygens (including phenoxy) is 2. The van der Waals surface area contributed by atoms with Crippen LogP contribution in [0.1, 0.15) is 23.1 Å². The van der Waals surface area contributed by atoms with Crippen molar-refractivity contribution in [1.82, 2.24) is 15.0 Å². The van der Waals surface area contributed by atoms with Crippen LogP contribution in [0, 0.1) is 6.92 Å².